The number of nitrogens with two attached hydrogens (primary N) is 1. The fourth-order valence-electron chi connectivity index (χ4n) is 2.92. The Balaban J connectivity index is 2.57. The first-order chi connectivity index (χ1) is 7.61. The molecule has 0 bridgehead atoms. The zero-order chi connectivity index (χ0) is 12.1. The Hall–Kier alpha value is -0.120. The van der Waals surface area contributed by atoms with Crippen molar-refractivity contribution in [2.75, 3.05) is 13.7 Å². The lowest BCUT2D eigenvalue weighted by molar-refractivity contribution is 0.0597. The summed E-state index contributed by atoms with van der Waals surface area (Å²) in [5, 5.41) is 0. The molecule has 1 rings (SSSR count). The Kier molecular flexibility index (Phi) is 5.73. The van der Waals surface area contributed by atoms with Gasteiger partial charge in [0.05, 0.1) is 6.10 Å². The fourth-order valence-corrected chi connectivity index (χ4v) is 2.92. The molecular formula is C13H28N2O. The molecule has 1 aliphatic heterocycles. The Morgan fingerprint density at radius 1 is 1.44 bits per heavy atom. The van der Waals surface area contributed by atoms with Crippen LogP contribution in [0.15, 0.2) is 0 Å². The van der Waals surface area contributed by atoms with E-state index in [-0.39, 0.29) is 0 Å². The van der Waals surface area contributed by atoms with Gasteiger partial charge < -0.3 is 10.5 Å². The van der Waals surface area contributed by atoms with Gasteiger partial charge in [-0.3, -0.25) is 4.90 Å². The van der Waals surface area contributed by atoms with E-state index in [1.165, 1.54) is 6.42 Å². The van der Waals surface area contributed by atoms with Crippen LogP contribution in [0.4, 0.5) is 0 Å². The van der Waals surface area contributed by atoms with Crippen molar-refractivity contribution in [1.82, 2.24) is 4.90 Å². The van der Waals surface area contributed by atoms with E-state index in [0.29, 0.717) is 24.2 Å². The molecule has 96 valence electrons. The number of likely N-dealkylation sites (N-methyl/N-ethyl adjacent to an activating group) is 1. The van der Waals surface area contributed by atoms with E-state index in [4.69, 9.17) is 10.5 Å². The second kappa shape index (κ2) is 6.58. The highest BCUT2D eigenvalue weighted by molar-refractivity contribution is 4.88. The summed E-state index contributed by atoms with van der Waals surface area (Å²) in [4.78, 5) is 2.46. The normalized spacial score (nSPS) is 29.6. The van der Waals surface area contributed by atoms with Gasteiger partial charge in [-0.05, 0) is 33.2 Å². The van der Waals surface area contributed by atoms with Gasteiger partial charge in [0.1, 0.15) is 0 Å². The van der Waals surface area contributed by atoms with Gasteiger partial charge in [0.15, 0.2) is 0 Å². The number of ether oxygens (including phenoxy) is 1. The Labute approximate surface area is 100 Å². The van der Waals surface area contributed by atoms with Gasteiger partial charge >= 0.3 is 0 Å². The predicted molar refractivity (Wildman–Crippen MR) is 68.5 cm³/mol. The van der Waals surface area contributed by atoms with Crippen molar-refractivity contribution in [3.63, 3.8) is 0 Å². The largest absolute Gasteiger partial charge is 0.377 e. The van der Waals surface area contributed by atoms with Crippen LogP contribution in [0, 0.1) is 0 Å². The van der Waals surface area contributed by atoms with Crippen LogP contribution in [-0.2, 0) is 4.74 Å². The summed E-state index contributed by atoms with van der Waals surface area (Å²) in [5.74, 6) is 0. The molecule has 3 heteroatoms. The predicted octanol–water partition coefficient (Wildman–Crippen LogP) is 2.00. The maximum atomic E-state index is 6.27. The minimum Gasteiger partial charge on any atom is -0.377 e. The molecule has 4 atom stereocenters. The minimum atomic E-state index is 0.299. The third-order valence-corrected chi connectivity index (χ3v) is 3.92. The third-order valence-electron chi connectivity index (χ3n) is 3.92. The van der Waals surface area contributed by atoms with Crippen molar-refractivity contribution in [2.24, 2.45) is 5.73 Å². The van der Waals surface area contributed by atoms with Gasteiger partial charge in [0, 0.05) is 24.7 Å². The average Bonchev–Trinajstić information content (AvgIpc) is 2.65. The quantitative estimate of drug-likeness (QED) is 0.755. The number of hydrogen-bond acceptors (Lipinski definition) is 3. The number of hydrogen-bond donors (Lipinski definition) is 1. The van der Waals surface area contributed by atoms with Gasteiger partial charge in [-0.15, -0.1) is 0 Å². The van der Waals surface area contributed by atoms with Crippen LogP contribution in [0.25, 0.3) is 0 Å². The first kappa shape index (κ1) is 13.9. The smallest absolute Gasteiger partial charge is 0.0703 e. The van der Waals surface area contributed by atoms with Crippen LogP contribution < -0.4 is 5.73 Å². The fraction of sp³-hybridized carbons (Fsp3) is 1.00. The maximum Gasteiger partial charge on any atom is 0.0703 e. The van der Waals surface area contributed by atoms with Crippen molar-refractivity contribution in [3.05, 3.63) is 0 Å². The Morgan fingerprint density at radius 3 is 2.56 bits per heavy atom. The lowest BCUT2D eigenvalue weighted by Gasteiger charge is -2.37. The highest BCUT2D eigenvalue weighted by atomic mass is 16.5. The summed E-state index contributed by atoms with van der Waals surface area (Å²) >= 11 is 0. The van der Waals surface area contributed by atoms with Gasteiger partial charge in [0.25, 0.3) is 0 Å². The summed E-state index contributed by atoms with van der Waals surface area (Å²) < 4.78 is 5.64. The maximum absolute atomic E-state index is 6.27. The van der Waals surface area contributed by atoms with Crippen LogP contribution >= 0.6 is 0 Å². The van der Waals surface area contributed by atoms with E-state index in [9.17, 15) is 0 Å². The molecule has 0 radical (unpaired) electrons. The zero-order valence-electron chi connectivity index (χ0n) is 11.3. The summed E-state index contributed by atoms with van der Waals surface area (Å²) in [6.07, 6.45) is 4.91. The molecule has 1 fully saturated rings. The SMILES string of the molecule is CCCC(N)C(CC)N(C)C1CCOC1C. The highest BCUT2D eigenvalue weighted by Gasteiger charge is 2.32. The molecule has 2 N–H and O–H groups in total. The molecule has 0 aromatic carbocycles. The molecule has 0 amide bonds. The number of rotatable bonds is 6. The van der Waals surface area contributed by atoms with E-state index in [0.717, 1.165) is 25.9 Å². The van der Waals surface area contributed by atoms with Crippen molar-refractivity contribution < 1.29 is 4.74 Å². The first-order valence-corrected chi connectivity index (χ1v) is 6.70. The molecule has 1 aliphatic rings. The molecule has 1 heterocycles. The Bertz CT molecular complexity index is 198. The molecule has 0 saturated carbocycles. The minimum absolute atomic E-state index is 0.299. The standard InChI is InChI=1S/C13H28N2O/c1-5-7-11(14)12(6-2)15(4)13-8-9-16-10(13)3/h10-13H,5-9,14H2,1-4H3. The van der Waals surface area contributed by atoms with E-state index >= 15 is 0 Å². The van der Waals surface area contributed by atoms with Crippen molar-refractivity contribution in [3.8, 4) is 0 Å². The molecule has 0 aliphatic carbocycles. The first-order valence-electron chi connectivity index (χ1n) is 6.70. The van der Waals surface area contributed by atoms with Crippen LogP contribution in [-0.4, -0.2) is 42.8 Å². The molecule has 0 spiro atoms. The Morgan fingerprint density at radius 2 is 2.12 bits per heavy atom. The van der Waals surface area contributed by atoms with Crippen LogP contribution in [0.3, 0.4) is 0 Å². The topological polar surface area (TPSA) is 38.5 Å². The molecular weight excluding hydrogens is 200 g/mol. The van der Waals surface area contributed by atoms with Crippen molar-refractivity contribution in [1.29, 1.82) is 0 Å². The lowest BCUT2D eigenvalue weighted by Crippen LogP contribution is -2.51. The van der Waals surface area contributed by atoms with Crippen LogP contribution in [0.1, 0.15) is 46.5 Å². The van der Waals surface area contributed by atoms with E-state index in [1.807, 2.05) is 0 Å². The molecule has 4 unspecified atom stereocenters. The van der Waals surface area contributed by atoms with Gasteiger partial charge in [-0.2, -0.15) is 0 Å². The molecule has 1 saturated heterocycles. The van der Waals surface area contributed by atoms with E-state index in [1.54, 1.807) is 0 Å². The monoisotopic (exact) mass is 228 g/mol. The summed E-state index contributed by atoms with van der Waals surface area (Å²) in [6, 6.07) is 1.34. The zero-order valence-corrected chi connectivity index (χ0v) is 11.3. The van der Waals surface area contributed by atoms with Crippen LogP contribution in [0.2, 0.25) is 0 Å². The molecule has 0 aromatic rings. The van der Waals surface area contributed by atoms with Gasteiger partial charge in [-0.25, -0.2) is 0 Å². The van der Waals surface area contributed by atoms with Crippen molar-refractivity contribution in [2.45, 2.75) is 70.7 Å². The summed E-state index contributed by atoms with van der Waals surface area (Å²) in [6.45, 7) is 7.51. The average molecular weight is 228 g/mol. The summed E-state index contributed by atoms with van der Waals surface area (Å²) in [5.41, 5.74) is 6.27. The van der Waals surface area contributed by atoms with Gasteiger partial charge in [0.2, 0.25) is 0 Å². The van der Waals surface area contributed by atoms with E-state index in [2.05, 4.69) is 32.7 Å². The van der Waals surface area contributed by atoms with Crippen molar-refractivity contribution >= 4 is 0 Å². The highest BCUT2D eigenvalue weighted by Crippen LogP contribution is 2.23. The lowest BCUT2D eigenvalue weighted by atomic mass is 9.97. The second-order valence-corrected chi connectivity index (χ2v) is 5.03. The second-order valence-electron chi connectivity index (χ2n) is 5.03. The molecule has 0 aromatic heterocycles. The van der Waals surface area contributed by atoms with Crippen LogP contribution in [0.5, 0.6) is 0 Å². The number of nitrogens with zero attached hydrogens (tertiary/aromatic N) is 1. The summed E-state index contributed by atoms with van der Waals surface area (Å²) in [7, 11) is 2.21. The third kappa shape index (κ3) is 3.19. The van der Waals surface area contributed by atoms with E-state index < -0.39 is 0 Å². The van der Waals surface area contributed by atoms with Gasteiger partial charge in [-0.1, -0.05) is 20.3 Å². The molecule has 16 heavy (non-hydrogen) atoms. The molecule has 3 nitrogen and oxygen atoms in total.